The number of carbonyl (C=O) groups is 1. The molecular formula is C33H50N2O7. The number of hydrogen-bond donors (Lipinski definition) is 3. The summed E-state index contributed by atoms with van der Waals surface area (Å²) in [4.78, 5) is 13.3. The van der Waals surface area contributed by atoms with Crippen LogP contribution >= 0.6 is 0 Å². The summed E-state index contributed by atoms with van der Waals surface area (Å²) in [5.74, 6) is 2.72. The smallest absolute Gasteiger partial charge is 0.227 e. The zero-order valence-corrected chi connectivity index (χ0v) is 26.1. The lowest BCUT2D eigenvalue weighted by molar-refractivity contribution is -0.122. The van der Waals surface area contributed by atoms with Crippen molar-refractivity contribution in [1.29, 1.82) is 0 Å². The SMILES string of the molecule is COCCCOc1cc(CC(CC(N)C(O)CC(C(=O)Nc2ccc3c(c2)OCCO3)C(C)C)C(C)C)ccc1OC. The van der Waals surface area contributed by atoms with Crippen molar-refractivity contribution in [3.63, 3.8) is 0 Å². The van der Waals surface area contributed by atoms with Gasteiger partial charge in [0.25, 0.3) is 0 Å². The minimum atomic E-state index is -0.819. The van der Waals surface area contributed by atoms with Crippen LogP contribution in [0.5, 0.6) is 23.0 Å². The minimum Gasteiger partial charge on any atom is -0.493 e. The van der Waals surface area contributed by atoms with E-state index in [2.05, 4.69) is 25.2 Å². The third kappa shape index (κ3) is 9.78. The quantitative estimate of drug-likeness (QED) is 0.220. The Morgan fingerprint density at radius 3 is 2.36 bits per heavy atom. The average molecular weight is 587 g/mol. The maximum Gasteiger partial charge on any atom is 0.227 e. The Morgan fingerprint density at radius 1 is 0.952 bits per heavy atom. The van der Waals surface area contributed by atoms with Crippen LogP contribution in [0.2, 0.25) is 0 Å². The molecule has 2 aromatic carbocycles. The van der Waals surface area contributed by atoms with Crippen molar-refractivity contribution in [2.24, 2.45) is 29.4 Å². The number of amides is 1. The number of aliphatic hydroxyl groups is 1. The van der Waals surface area contributed by atoms with Crippen LogP contribution in [0.3, 0.4) is 0 Å². The van der Waals surface area contributed by atoms with Crippen molar-refractivity contribution < 1.29 is 33.6 Å². The number of ether oxygens (including phenoxy) is 5. The van der Waals surface area contributed by atoms with Crippen molar-refractivity contribution in [3.05, 3.63) is 42.0 Å². The van der Waals surface area contributed by atoms with Crippen LogP contribution in [-0.4, -0.2) is 63.8 Å². The van der Waals surface area contributed by atoms with Gasteiger partial charge in [-0.05, 0) is 66.8 Å². The highest BCUT2D eigenvalue weighted by molar-refractivity contribution is 5.93. The predicted molar refractivity (Wildman–Crippen MR) is 165 cm³/mol. The molecule has 1 amide bonds. The highest BCUT2D eigenvalue weighted by Crippen LogP contribution is 2.34. The van der Waals surface area contributed by atoms with Gasteiger partial charge in [0.1, 0.15) is 13.2 Å². The van der Waals surface area contributed by atoms with E-state index >= 15 is 0 Å². The number of nitrogens with two attached hydrogens (primary N) is 1. The normalized spacial score (nSPS) is 15.7. The first kappa shape index (κ1) is 33.5. The standard InChI is InChI=1S/C33H50N2O7/c1-21(2)24(16-23-8-10-29(39-6)31(17-23)40-13-7-12-38-5)18-27(34)28(36)20-26(22(3)4)33(37)35-25-9-11-30-32(19-25)42-15-14-41-30/h8-11,17,19,21-22,24,26-28,36H,7,12-16,18,20,34H2,1-6H3,(H,35,37). The van der Waals surface area contributed by atoms with E-state index in [-0.39, 0.29) is 24.2 Å². The number of hydrogen-bond acceptors (Lipinski definition) is 8. The molecule has 4 atom stereocenters. The summed E-state index contributed by atoms with van der Waals surface area (Å²) in [6.07, 6.45) is 1.66. The monoisotopic (exact) mass is 586 g/mol. The second-order valence-corrected chi connectivity index (χ2v) is 11.8. The number of anilines is 1. The molecule has 234 valence electrons. The van der Waals surface area contributed by atoms with E-state index in [0.717, 1.165) is 18.4 Å². The molecule has 0 saturated heterocycles. The summed E-state index contributed by atoms with van der Waals surface area (Å²) >= 11 is 0. The van der Waals surface area contributed by atoms with Crippen LogP contribution in [0, 0.1) is 23.7 Å². The maximum absolute atomic E-state index is 13.3. The van der Waals surface area contributed by atoms with Crippen molar-refractivity contribution in [3.8, 4) is 23.0 Å². The molecule has 2 aromatic rings. The summed E-state index contributed by atoms with van der Waals surface area (Å²) in [6.45, 7) is 10.5. The topological polar surface area (TPSA) is 122 Å². The number of methoxy groups -OCH3 is 2. The van der Waals surface area contributed by atoms with E-state index in [0.29, 0.717) is 67.5 Å². The second kappa shape index (κ2) is 16.6. The van der Waals surface area contributed by atoms with Crippen molar-refractivity contribution in [2.45, 2.75) is 65.5 Å². The van der Waals surface area contributed by atoms with Gasteiger partial charge in [0.15, 0.2) is 23.0 Å². The number of rotatable bonds is 17. The van der Waals surface area contributed by atoms with Gasteiger partial charge in [-0.2, -0.15) is 0 Å². The Balaban J connectivity index is 1.61. The Kier molecular flexibility index (Phi) is 13.2. The molecule has 4 N–H and O–H groups in total. The van der Waals surface area contributed by atoms with Gasteiger partial charge in [-0.15, -0.1) is 0 Å². The van der Waals surface area contributed by atoms with Gasteiger partial charge in [-0.25, -0.2) is 0 Å². The molecule has 0 fully saturated rings. The van der Waals surface area contributed by atoms with E-state index in [1.807, 2.05) is 26.0 Å². The predicted octanol–water partition coefficient (Wildman–Crippen LogP) is 5.08. The van der Waals surface area contributed by atoms with E-state index in [4.69, 9.17) is 29.4 Å². The van der Waals surface area contributed by atoms with Crippen LogP contribution in [0.15, 0.2) is 36.4 Å². The van der Waals surface area contributed by atoms with Gasteiger partial charge in [0.05, 0.1) is 19.8 Å². The molecule has 9 nitrogen and oxygen atoms in total. The molecule has 1 heterocycles. The van der Waals surface area contributed by atoms with E-state index in [1.165, 1.54) is 0 Å². The van der Waals surface area contributed by atoms with Gasteiger partial charge < -0.3 is 39.8 Å². The lowest BCUT2D eigenvalue weighted by Crippen LogP contribution is -2.41. The lowest BCUT2D eigenvalue weighted by atomic mass is 9.81. The molecule has 4 unspecified atom stereocenters. The second-order valence-electron chi connectivity index (χ2n) is 11.8. The van der Waals surface area contributed by atoms with Crippen LogP contribution in [0.25, 0.3) is 0 Å². The van der Waals surface area contributed by atoms with Gasteiger partial charge >= 0.3 is 0 Å². The maximum atomic E-state index is 13.3. The Morgan fingerprint density at radius 2 is 1.69 bits per heavy atom. The summed E-state index contributed by atoms with van der Waals surface area (Å²) < 4.78 is 27.8. The van der Waals surface area contributed by atoms with Crippen LogP contribution in [0.4, 0.5) is 5.69 Å². The molecule has 0 aromatic heterocycles. The minimum absolute atomic E-state index is 0.0200. The zero-order valence-electron chi connectivity index (χ0n) is 26.1. The van der Waals surface area contributed by atoms with Crippen molar-refractivity contribution in [2.75, 3.05) is 46.0 Å². The van der Waals surface area contributed by atoms with E-state index < -0.39 is 18.1 Å². The fourth-order valence-electron chi connectivity index (χ4n) is 5.22. The Bertz CT molecular complexity index is 1120. The molecule has 9 heteroatoms. The molecule has 0 radical (unpaired) electrons. The molecule has 3 rings (SSSR count). The summed E-state index contributed by atoms with van der Waals surface area (Å²) in [7, 11) is 3.31. The molecule has 0 aliphatic carbocycles. The Labute approximate surface area is 251 Å². The number of aliphatic hydroxyl groups excluding tert-OH is 1. The van der Waals surface area contributed by atoms with Gasteiger partial charge in [0.2, 0.25) is 5.91 Å². The number of benzene rings is 2. The highest BCUT2D eigenvalue weighted by Gasteiger charge is 2.30. The first-order valence-corrected chi connectivity index (χ1v) is 15.1. The molecule has 1 aliphatic rings. The number of carbonyl (C=O) groups excluding carboxylic acids is 1. The third-order valence-electron chi connectivity index (χ3n) is 7.93. The third-order valence-corrected chi connectivity index (χ3v) is 7.93. The first-order chi connectivity index (χ1) is 20.1. The first-order valence-electron chi connectivity index (χ1n) is 15.1. The van der Waals surface area contributed by atoms with Gasteiger partial charge in [-0.3, -0.25) is 4.79 Å². The molecule has 0 bridgehead atoms. The van der Waals surface area contributed by atoms with Crippen LogP contribution in [0.1, 0.15) is 52.5 Å². The fourth-order valence-corrected chi connectivity index (χ4v) is 5.22. The number of nitrogens with one attached hydrogen (secondary N) is 1. The van der Waals surface area contributed by atoms with Gasteiger partial charge in [0, 0.05) is 43.9 Å². The molecule has 0 spiro atoms. The molecule has 1 aliphatic heterocycles. The largest absolute Gasteiger partial charge is 0.493 e. The fraction of sp³-hybridized carbons (Fsp3) is 0.606. The highest BCUT2D eigenvalue weighted by atomic mass is 16.6. The van der Waals surface area contributed by atoms with Crippen molar-refractivity contribution in [1.82, 2.24) is 0 Å². The summed E-state index contributed by atoms with van der Waals surface area (Å²) in [5, 5.41) is 14.2. The Hall–Kier alpha value is -3.01. The average Bonchev–Trinajstić information content (AvgIpc) is 2.97. The van der Waals surface area contributed by atoms with Crippen LogP contribution in [-0.2, 0) is 16.0 Å². The number of fused-ring (bicyclic) bond motifs is 1. The molecule has 0 saturated carbocycles. The van der Waals surface area contributed by atoms with Crippen LogP contribution < -0.4 is 30.0 Å². The van der Waals surface area contributed by atoms with Gasteiger partial charge in [-0.1, -0.05) is 33.8 Å². The summed E-state index contributed by atoms with van der Waals surface area (Å²) in [5.41, 5.74) is 8.34. The summed E-state index contributed by atoms with van der Waals surface area (Å²) in [6, 6.07) is 10.9. The molecule has 42 heavy (non-hydrogen) atoms. The zero-order chi connectivity index (χ0) is 30.6. The van der Waals surface area contributed by atoms with E-state index in [9.17, 15) is 9.90 Å². The van der Waals surface area contributed by atoms with E-state index in [1.54, 1.807) is 32.4 Å². The van der Waals surface area contributed by atoms with Crippen molar-refractivity contribution >= 4 is 11.6 Å². The molecular weight excluding hydrogens is 536 g/mol. The lowest BCUT2D eigenvalue weighted by Gasteiger charge is -2.30.